The van der Waals surface area contributed by atoms with Gasteiger partial charge in [-0.15, -0.1) is 10.2 Å². The second-order valence-corrected chi connectivity index (χ2v) is 7.72. The molecule has 0 atom stereocenters. The lowest BCUT2D eigenvalue weighted by atomic mass is 10.2. The van der Waals surface area contributed by atoms with Crippen LogP contribution in [0.5, 0.6) is 5.75 Å². The number of carbonyl (C=O) groups is 2. The molecule has 0 spiro atoms. The number of halogens is 1. The zero-order chi connectivity index (χ0) is 22.2. The van der Waals surface area contributed by atoms with Crippen LogP contribution in [0.25, 0.3) is 0 Å². The molecule has 2 N–H and O–H groups in total. The first kappa shape index (κ1) is 22.6. The maximum absolute atomic E-state index is 12.4. The molecule has 2 aromatic carbocycles. The highest BCUT2D eigenvalue weighted by atomic mass is 35.5. The van der Waals surface area contributed by atoms with Crippen molar-refractivity contribution in [2.45, 2.75) is 25.2 Å². The molecule has 0 radical (unpaired) electrons. The van der Waals surface area contributed by atoms with Gasteiger partial charge in [0, 0.05) is 18.3 Å². The average Bonchev–Trinajstić information content (AvgIpc) is 3.18. The molecule has 1 heterocycles. The van der Waals surface area contributed by atoms with Crippen molar-refractivity contribution in [2.75, 3.05) is 18.2 Å². The minimum Gasteiger partial charge on any atom is -0.497 e. The van der Waals surface area contributed by atoms with Gasteiger partial charge >= 0.3 is 0 Å². The Hall–Kier alpha value is -3.04. The van der Waals surface area contributed by atoms with E-state index in [2.05, 4.69) is 20.8 Å². The first-order valence-electron chi connectivity index (χ1n) is 9.53. The summed E-state index contributed by atoms with van der Waals surface area (Å²) in [7, 11) is 1.57. The summed E-state index contributed by atoms with van der Waals surface area (Å²) in [6.07, 6.45) is 0. The molecular formula is C21H22ClN5O3S. The minimum absolute atomic E-state index is 0.168. The van der Waals surface area contributed by atoms with E-state index in [4.69, 9.17) is 16.3 Å². The molecule has 0 saturated carbocycles. The predicted molar refractivity (Wildman–Crippen MR) is 121 cm³/mol. The molecule has 0 bridgehead atoms. The van der Waals surface area contributed by atoms with E-state index in [1.165, 1.54) is 11.8 Å². The van der Waals surface area contributed by atoms with Crippen molar-refractivity contribution < 1.29 is 14.3 Å². The third kappa shape index (κ3) is 5.99. The second-order valence-electron chi connectivity index (χ2n) is 6.37. The number of hydrogen-bond acceptors (Lipinski definition) is 6. The van der Waals surface area contributed by atoms with Gasteiger partial charge in [0.25, 0.3) is 5.91 Å². The highest BCUT2D eigenvalue weighted by Gasteiger charge is 2.15. The Morgan fingerprint density at radius 1 is 1.16 bits per heavy atom. The van der Waals surface area contributed by atoms with Gasteiger partial charge in [0.1, 0.15) is 5.75 Å². The number of nitrogens with one attached hydrogen (secondary N) is 2. The van der Waals surface area contributed by atoms with Crippen LogP contribution in [0.4, 0.5) is 5.69 Å². The Morgan fingerprint density at radius 3 is 2.71 bits per heavy atom. The van der Waals surface area contributed by atoms with Crippen LogP contribution in [0.15, 0.2) is 53.7 Å². The third-order valence-electron chi connectivity index (χ3n) is 4.32. The molecule has 162 valence electrons. The van der Waals surface area contributed by atoms with Crippen LogP contribution < -0.4 is 15.4 Å². The molecule has 2 amide bonds. The van der Waals surface area contributed by atoms with E-state index in [0.717, 1.165) is 0 Å². The van der Waals surface area contributed by atoms with E-state index in [1.807, 2.05) is 11.5 Å². The van der Waals surface area contributed by atoms with Crippen LogP contribution in [0.1, 0.15) is 23.1 Å². The molecule has 0 aliphatic heterocycles. The van der Waals surface area contributed by atoms with Crippen LogP contribution in [0.2, 0.25) is 5.02 Å². The van der Waals surface area contributed by atoms with Gasteiger partial charge in [-0.3, -0.25) is 9.59 Å². The first-order chi connectivity index (χ1) is 15.0. The lowest BCUT2D eigenvalue weighted by Gasteiger charge is -2.09. The summed E-state index contributed by atoms with van der Waals surface area (Å²) in [6.45, 7) is 2.74. The second kappa shape index (κ2) is 10.8. The first-order valence-corrected chi connectivity index (χ1v) is 10.9. The Balaban J connectivity index is 1.57. The molecule has 3 aromatic rings. The average molecular weight is 460 g/mol. The summed E-state index contributed by atoms with van der Waals surface area (Å²) in [5.41, 5.74) is 1.06. The van der Waals surface area contributed by atoms with Crippen molar-refractivity contribution in [3.05, 3.63) is 64.9 Å². The zero-order valence-electron chi connectivity index (χ0n) is 17.1. The minimum atomic E-state index is -0.289. The largest absolute Gasteiger partial charge is 0.497 e. The maximum Gasteiger partial charge on any atom is 0.253 e. The quantitative estimate of drug-likeness (QED) is 0.474. The molecule has 0 unspecified atom stereocenters. The van der Waals surface area contributed by atoms with Gasteiger partial charge in [0.2, 0.25) is 5.91 Å². The summed E-state index contributed by atoms with van der Waals surface area (Å²) in [5.74, 6) is 0.972. The van der Waals surface area contributed by atoms with Crippen molar-refractivity contribution in [3.63, 3.8) is 0 Å². The number of methoxy groups -OCH3 is 1. The van der Waals surface area contributed by atoms with Gasteiger partial charge in [-0.2, -0.15) is 0 Å². The van der Waals surface area contributed by atoms with E-state index in [1.54, 1.807) is 55.6 Å². The summed E-state index contributed by atoms with van der Waals surface area (Å²) < 4.78 is 7.02. The number of benzene rings is 2. The lowest BCUT2D eigenvalue weighted by Crippen LogP contribution is -2.25. The van der Waals surface area contributed by atoms with Crippen molar-refractivity contribution >= 4 is 40.9 Å². The highest BCUT2D eigenvalue weighted by Crippen LogP contribution is 2.20. The third-order valence-corrected chi connectivity index (χ3v) is 5.62. The fourth-order valence-electron chi connectivity index (χ4n) is 2.80. The highest BCUT2D eigenvalue weighted by molar-refractivity contribution is 7.99. The number of ether oxygens (including phenoxy) is 1. The van der Waals surface area contributed by atoms with Gasteiger partial charge in [-0.25, -0.2) is 0 Å². The van der Waals surface area contributed by atoms with Crippen molar-refractivity contribution in [3.8, 4) is 5.75 Å². The summed E-state index contributed by atoms with van der Waals surface area (Å²) in [6, 6.07) is 14.0. The van der Waals surface area contributed by atoms with E-state index >= 15 is 0 Å². The lowest BCUT2D eigenvalue weighted by molar-refractivity contribution is -0.113. The van der Waals surface area contributed by atoms with Gasteiger partial charge in [-0.1, -0.05) is 41.6 Å². The number of carbonyl (C=O) groups excluding carboxylic acids is 2. The van der Waals surface area contributed by atoms with Crippen molar-refractivity contribution in [2.24, 2.45) is 0 Å². The fourth-order valence-corrected chi connectivity index (χ4v) is 3.84. The van der Waals surface area contributed by atoms with E-state index < -0.39 is 0 Å². The number of thioether (sulfide) groups is 1. The monoisotopic (exact) mass is 459 g/mol. The molecule has 0 fully saturated rings. The van der Waals surface area contributed by atoms with E-state index in [9.17, 15) is 9.59 Å². The molecule has 31 heavy (non-hydrogen) atoms. The van der Waals surface area contributed by atoms with Gasteiger partial charge in [0.15, 0.2) is 11.0 Å². The van der Waals surface area contributed by atoms with Crippen LogP contribution in [0.3, 0.4) is 0 Å². The van der Waals surface area contributed by atoms with Crippen LogP contribution in [-0.4, -0.2) is 39.4 Å². The number of nitrogens with zero attached hydrogens (tertiary/aromatic N) is 3. The molecule has 8 nitrogen and oxygen atoms in total. The number of rotatable bonds is 9. The topological polar surface area (TPSA) is 98.1 Å². The van der Waals surface area contributed by atoms with Crippen LogP contribution in [0, 0.1) is 0 Å². The predicted octanol–water partition coefficient (Wildman–Crippen LogP) is 3.62. The molecule has 0 saturated heterocycles. The van der Waals surface area contributed by atoms with Crippen molar-refractivity contribution in [1.29, 1.82) is 0 Å². The Labute approximate surface area is 189 Å². The molecular weight excluding hydrogens is 438 g/mol. The Bertz CT molecular complexity index is 1070. The smallest absolute Gasteiger partial charge is 0.253 e. The van der Waals surface area contributed by atoms with Crippen LogP contribution >= 0.6 is 23.4 Å². The van der Waals surface area contributed by atoms with Gasteiger partial charge in [0.05, 0.1) is 30.0 Å². The normalized spacial score (nSPS) is 10.5. The Kier molecular flexibility index (Phi) is 7.91. The number of hydrogen-bond donors (Lipinski definition) is 2. The number of anilines is 1. The Morgan fingerprint density at radius 2 is 1.97 bits per heavy atom. The van der Waals surface area contributed by atoms with Gasteiger partial charge in [-0.05, 0) is 31.2 Å². The zero-order valence-corrected chi connectivity index (χ0v) is 18.7. The maximum atomic E-state index is 12.4. The van der Waals surface area contributed by atoms with E-state index in [0.29, 0.717) is 39.5 Å². The molecule has 3 rings (SSSR count). The molecule has 0 aliphatic rings. The van der Waals surface area contributed by atoms with Crippen LogP contribution in [-0.2, 0) is 17.9 Å². The number of amides is 2. The molecule has 10 heteroatoms. The van der Waals surface area contributed by atoms with E-state index in [-0.39, 0.29) is 24.1 Å². The standard InChI is InChI=1S/C21H22ClN5O3S/c1-3-27-18(12-23-20(29)16-9-4-5-10-17(16)22)25-26-21(27)31-13-19(28)24-14-7-6-8-15(11-14)30-2/h4-11H,3,12-13H2,1-2H3,(H,23,29)(H,24,28). The van der Waals surface area contributed by atoms with Gasteiger partial charge < -0.3 is 19.9 Å². The summed E-state index contributed by atoms with van der Waals surface area (Å²) in [5, 5.41) is 14.9. The fraction of sp³-hybridized carbons (Fsp3) is 0.238. The van der Waals surface area contributed by atoms with Crippen molar-refractivity contribution in [1.82, 2.24) is 20.1 Å². The number of aromatic nitrogens is 3. The summed E-state index contributed by atoms with van der Waals surface area (Å²) >= 11 is 7.34. The SMILES string of the molecule is CCn1c(CNC(=O)c2ccccc2Cl)nnc1SCC(=O)Nc1cccc(OC)c1. The summed E-state index contributed by atoms with van der Waals surface area (Å²) in [4.78, 5) is 24.7. The molecule has 0 aliphatic carbocycles. The molecule has 1 aromatic heterocycles.